The number of hydrogen-bond acceptors (Lipinski definition) is 10. The van der Waals surface area contributed by atoms with Crippen molar-refractivity contribution in [2.75, 3.05) is 13.2 Å². The molecular formula is C33H59KO11. The fraction of sp³-hybridized carbons (Fsp3) is 0.788. The molecule has 0 bridgehead atoms. The van der Waals surface area contributed by atoms with Crippen molar-refractivity contribution in [2.24, 2.45) is 17.8 Å². The Kier molecular flexibility index (Phi) is 43.6. The maximum absolute atomic E-state index is 11.4. The number of carbonyl (C=O) groups excluding carboxylic acids is 6. The smallest absolute Gasteiger partial charge is 0.550 e. The number of rotatable bonds is 20. The average Bonchev–Trinajstić information content (AvgIpc) is 2.93. The van der Waals surface area contributed by atoms with Gasteiger partial charge in [-0.25, -0.2) is 0 Å². The van der Waals surface area contributed by atoms with Crippen molar-refractivity contribution < 1.29 is 105 Å². The molecule has 0 aliphatic carbocycles. The van der Waals surface area contributed by atoms with Gasteiger partial charge in [0.15, 0.2) is 0 Å². The summed E-state index contributed by atoms with van der Waals surface area (Å²) >= 11 is 0. The van der Waals surface area contributed by atoms with Crippen LogP contribution < -0.4 is 56.5 Å². The van der Waals surface area contributed by atoms with Crippen LogP contribution in [0, 0.1) is 17.8 Å². The first-order valence-electron chi connectivity index (χ1n) is 15.9. The van der Waals surface area contributed by atoms with E-state index in [-0.39, 0.29) is 81.6 Å². The topological polar surface area (TPSA) is 181 Å². The molecule has 258 valence electrons. The van der Waals surface area contributed by atoms with Crippen LogP contribution in [0.4, 0.5) is 0 Å². The van der Waals surface area contributed by atoms with E-state index in [2.05, 4.69) is 27.7 Å². The van der Waals surface area contributed by atoms with Gasteiger partial charge in [0.2, 0.25) is 0 Å². The molecule has 0 fully saturated rings. The van der Waals surface area contributed by atoms with Gasteiger partial charge in [0.1, 0.15) is 30.2 Å². The molecule has 0 spiro atoms. The second kappa shape index (κ2) is 37.0. The van der Waals surface area contributed by atoms with E-state index < -0.39 is 30.3 Å². The molecule has 45 heavy (non-hydrogen) atoms. The van der Waals surface area contributed by atoms with Crippen molar-refractivity contribution in [3.63, 3.8) is 0 Å². The first-order chi connectivity index (χ1) is 20.6. The van der Waals surface area contributed by atoms with Crippen LogP contribution >= 0.6 is 0 Å². The molecule has 0 heterocycles. The quantitative estimate of drug-likeness (QED) is 0.114. The SMILES string of the molecule is CC(=O)CC(=O)[O-].CCC(CC)CC(=O)O.CCOC(=O)CC(=O)CC(CC)CC.CCOC(=O)CC(=O)CC(CC)CC.[K+]. The van der Waals surface area contributed by atoms with Crippen molar-refractivity contribution in [2.45, 2.75) is 139 Å². The number of ether oxygens (including phenoxy) is 2. The minimum Gasteiger partial charge on any atom is -0.550 e. The van der Waals surface area contributed by atoms with E-state index in [0.717, 1.165) is 38.5 Å². The van der Waals surface area contributed by atoms with E-state index in [1.165, 1.54) is 6.92 Å². The Morgan fingerprint density at radius 2 is 0.844 bits per heavy atom. The van der Waals surface area contributed by atoms with Crippen molar-refractivity contribution in [3.8, 4) is 0 Å². The predicted molar refractivity (Wildman–Crippen MR) is 167 cm³/mol. The molecule has 12 heteroatoms. The van der Waals surface area contributed by atoms with Gasteiger partial charge >= 0.3 is 69.3 Å². The third-order valence-corrected chi connectivity index (χ3v) is 6.65. The van der Waals surface area contributed by atoms with Crippen molar-refractivity contribution >= 4 is 41.2 Å². The molecule has 0 aromatic carbocycles. The average molecular weight is 671 g/mol. The van der Waals surface area contributed by atoms with E-state index in [4.69, 9.17) is 14.6 Å². The summed E-state index contributed by atoms with van der Waals surface area (Å²) in [5.41, 5.74) is 0. The molecule has 0 aromatic rings. The molecule has 0 amide bonds. The Labute approximate surface area is 313 Å². The third kappa shape index (κ3) is 42.5. The summed E-state index contributed by atoms with van der Waals surface area (Å²) in [6, 6.07) is 0. The first kappa shape index (κ1) is 53.0. The summed E-state index contributed by atoms with van der Waals surface area (Å²) in [7, 11) is 0. The second-order valence-corrected chi connectivity index (χ2v) is 10.3. The Bertz CT molecular complexity index is 761. The Morgan fingerprint density at radius 3 is 1.00 bits per heavy atom. The largest absolute Gasteiger partial charge is 1.00 e. The number of carboxylic acids is 2. The molecule has 0 saturated heterocycles. The van der Waals surface area contributed by atoms with E-state index in [1.807, 2.05) is 13.8 Å². The maximum Gasteiger partial charge on any atom is 1.00 e. The van der Waals surface area contributed by atoms with Gasteiger partial charge < -0.3 is 24.5 Å². The molecule has 0 radical (unpaired) electrons. The zero-order chi connectivity index (χ0) is 35.1. The Morgan fingerprint density at radius 1 is 0.556 bits per heavy atom. The van der Waals surface area contributed by atoms with Crippen LogP contribution in [0.15, 0.2) is 0 Å². The van der Waals surface area contributed by atoms with E-state index in [9.17, 15) is 38.7 Å². The molecule has 0 saturated carbocycles. The summed E-state index contributed by atoms with van der Waals surface area (Å²) in [5.74, 6) is -1.96. The number of ketones is 3. The van der Waals surface area contributed by atoms with Gasteiger partial charge in [-0.2, -0.15) is 0 Å². The van der Waals surface area contributed by atoms with Crippen molar-refractivity contribution in [1.29, 1.82) is 0 Å². The molecule has 0 rings (SSSR count). The molecule has 0 unspecified atom stereocenters. The number of Topliss-reactive ketones (excluding diaryl/α,β-unsaturated/α-hetero) is 3. The molecule has 0 aromatic heterocycles. The van der Waals surface area contributed by atoms with E-state index >= 15 is 0 Å². The van der Waals surface area contributed by atoms with Gasteiger partial charge in [-0.1, -0.05) is 80.1 Å². The fourth-order valence-electron chi connectivity index (χ4n) is 3.72. The second-order valence-electron chi connectivity index (χ2n) is 10.3. The minimum atomic E-state index is -1.31. The standard InChI is InChI=1S/2C11H20O3.C7H14O2.C4H6O3.K/c2*1-4-9(5-2)7-10(12)8-11(13)14-6-3;1-3-6(4-2)5-7(8)9;1-3(5)2-4(6)7;/h2*9H,4-8H2,1-3H3;6H,3-5H2,1-2H3,(H,8,9);2H2,1H3,(H,6,7);/q;;;;+1/p-1. The summed E-state index contributed by atoms with van der Waals surface area (Å²) < 4.78 is 9.40. The maximum atomic E-state index is 11.4. The van der Waals surface area contributed by atoms with Crippen LogP contribution in [-0.2, 0) is 43.0 Å². The van der Waals surface area contributed by atoms with Gasteiger partial charge in [0.05, 0.1) is 13.2 Å². The van der Waals surface area contributed by atoms with Crippen LogP contribution in [0.3, 0.4) is 0 Å². The van der Waals surface area contributed by atoms with Crippen molar-refractivity contribution in [1.82, 2.24) is 0 Å². The Balaban J connectivity index is -0.000000163. The molecule has 0 atom stereocenters. The fourth-order valence-corrected chi connectivity index (χ4v) is 3.72. The summed E-state index contributed by atoms with van der Waals surface area (Å²) in [6.07, 6.45) is 6.65. The first-order valence-corrected chi connectivity index (χ1v) is 15.9. The molecular weight excluding hydrogens is 611 g/mol. The van der Waals surface area contributed by atoms with Gasteiger partial charge in [-0.3, -0.25) is 28.8 Å². The molecule has 1 N–H and O–H groups in total. The number of aliphatic carboxylic acids is 2. The molecule has 0 aliphatic rings. The van der Waals surface area contributed by atoms with E-state index in [1.54, 1.807) is 13.8 Å². The van der Waals surface area contributed by atoms with Gasteiger partial charge in [0.25, 0.3) is 0 Å². The van der Waals surface area contributed by atoms with Crippen molar-refractivity contribution in [3.05, 3.63) is 0 Å². The molecule has 0 aliphatic heterocycles. The zero-order valence-corrected chi connectivity index (χ0v) is 32.8. The van der Waals surface area contributed by atoms with Gasteiger partial charge in [0, 0.05) is 31.7 Å². The summed E-state index contributed by atoms with van der Waals surface area (Å²) in [5, 5.41) is 17.8. The number of hydrogen-bond donors (Lipinski definition) is 1. The number of carboxylic acid groups (broad SMARTS) is 2. The van der Waals surface area contributed by atoms with Crippen LogP contribution in [0.25, 0.3) is 0 Å². The molecule has 11 nitrogen and oxygen atoms in total. The normalized spacial score (nSPS) is 9.69. The predicted octanol–water partition coefficient (Wildman–Crippen LogP) is 2.29. The number of carbonyl (C=O) groups is 7. The zero-order valence-electron chi connectivity index (χ0n) is 29.7. The summed E-state index contributed by atoms with van der Waals surface area (Å²) in [6.45, 7) is 17.7. The van der Waals surface area contributed by atoms with Gasteiger partial charge in [-0.15, -0.1) is 0 Å². The van der Waals surface area contributed by atoms with Crippen LogP contribution in [0.5, 0.6) is 0 Å². The number of esters is 2. The van der Waals surface area contributed by atoms with Crippen LogP contribution in [0.2, 0.25) is 0 Å². The van der Waals surface area contributed by atoms with E-state index in [0.29, 0.717) is 50.2 Å². The van der Waals surface area contributed by atoms with Gasteiger partial charge in [-0.05, 0) is 38.5 Å². The minimum absolute atomic E-state index is 0. The van der Waals surface area contributed by atoms with Crippen LogP contribution in [0.1, 0.15) is 139 Å². The van der Waals surface area contributed by atoms with Crippen LogP contribution in [-0.4, -0.2) is 59.5 Å². The Hall–Kier alpha value is -1.47. The summed E-state index contributed by atoms with van der Waals surface area (Å²) in [4.78, 5) is 74.1. The third-order valence-electron chi connectivity index (χ3n) is 6.65. The monoisotopic (exact) mass is 670 g/mol.